The van der Waals surface area contributed by atoms with Gasteiger partial charge < -0.3 is 19.3 Å². The summed E-state index contributed by atoms with van der Waals surface area (Å²) in [6, 6.07) is 4.82. The van der Waals surface area contributed by atoms with Crippen molar-refractivity contribution >= 4 is 18.1 Å². The fourth-order valence-electron chi connectivity index (χ4n) is 1.50. The normalized spacial score (nSPS) is 12.9. The lowest BCUT2D eigenvalue weighted by atomic mass is 10.2. The summed E-state index contributed by atoms with van der Waals surface area (Å²) in [4.78, 5) is 33.7. The molecule has 1 rings (SSSR count). The molecule has 0 aliphatic heterocycles. The molecule has 138 valence electrons. The Hall–Kier alpha value is -2.71. The lowest BCUT2D eigenvalue weighted by Gasteiger charge is -2.20. The Morgan fingerprint density at radius 3 is 2.04 bits per heavy atom. The van der Waals surface area contributed by atoms with Crippen molar-refractivity contribution in [2.24, 2.45) is 0 Å². The van der Waals surface area contributed by atoms with Crippen LogP contribution in [0.4, 0.5) is 13.6 Å². The number of hydrogen-bond donors (Lipinski definition) is 1. The van der Waals surface area contributed by atoms with Crippen molar-refractivity contribution in [2.45, 2.75) is 45.3 Å². The molecule has 0 aliphatic carbocycles. The van der Waals surface area contributed by atoms with Crippen LogP contribution in [-0.4, -0.2) is 40.8 Å². The van der Waals surface area contributed by atoms with Gasteiger partial charge in [-0.1, -0.05) is 0 Å². The first-order valence-corrected chi connectivity index (χ1v) is 7.16. The maximum absolute atomic E-state index is 13.2. The lowest BCUT2D eigenvalue weighted by Crippen LogP contribution is -2.42. The molecule has 1 N–H and O–H groups in total. The highest BCUT2D eigenvalue weighted by molar-refractivity contribution is 5.90. The van der Waals surface area contributed by atoms with Crippen LogP contribution in [0, 0.1) is 0 Å². The Morgan fingerprint density at radius 1 is 1.08 bits per heavy atom. The average molecular weight is 360 g/mol. The number of aliphatic carboxylic acids is 1. The minimum Gasteiger partial charge on any atom is -0.477 e. The average Bonchev–Trinajstić information content (AvgIpc) is 2.45. The smallest absolute Gasteiger partial charge is 0.477 e. The van der Waals surface area contributed by atoms with Crippen molar-refractivity contribution < 1.29 is 42.5 Å². The van der Waals surface area contributed by atoms with E-state index >= 15 is 0 Å². The predicted molar refractivity (Wildman–Crippen MR) is 80.8 cm³/mol. The van der Waals surface area contributed by atoms with E-state index in [9.17, 15) is 23.2 Å². The van der Waals surface area contributed by atoms with E-state index in [1.54, 1.807) is 20.8 Å². The Labute approximate surface area is 142 Å². The SMILES string of the molecule is CC(OC(=O)c1ccc(OC(=O)OC(C)(C)C)cc1)C(F)(F)C(=O)O. The van der Waals surface area contributed by atoms with Crippen LogP contribution < -0.4 is 4.74 Å². The van der Waals surface area contributed by atoms with Gasteiger partial charge in [0, 0.05) is 0 Å². The fourth-order valence-corrected chi connectivity index (χ4v) is 1.50. The lowest BCUT2D eigenvalue weighted by molar-refractivity contribution is -0.180. The quantitative estimate of drug-likeness (QED) is 0.635. The summed E-state index contributed by atoms with van der Waals surface area (Å²) in [5.41, 5.74) is -0.864. The summed E-state index contributed by atoms with van der Waals surface area (Å²) in [6.07, 6.45) is -3.10. The maximum atomic E-state index is 13.2. The molecule has 0 fully saturated rings. The van der Waals surface area contributed by atoms with Gasteiger partial charge in [0.05, 0.1) is 5.56 Å². The van der Waals surface area contributed by atoms with Crippen LogP contribution in [0.15, 0.2) is 24.3 Å². The summed E-state index contributed by atoms with van der Waals surface area (Å²) in [7, 11) is 0. The summed E-state index contributed by atoms with van der Waals surface area (Å²) in [6.45, 7) is 5.73. The van der Waals surface area contributed by atoms with Crippen molar-refractivity contribution in [3.63, 3.8) is 0 Å². The van der Waals surface area contributed by atoms with E-state index in [0.717, 1.165) is 6.92 Å². The van der Waals surface area contributed by atoms with Gasteiger partial charge in [-0.2, -0.15) is 8.78 Å². The third kappa shape index (κ3) is 6.02. The first kappa shape index (κ1) is 20.3. The number of carbonyl (C=O) groups is 3. The molecule has 0 amide bonds. The number of benzene rings is 1. The molecular weight excluding hydrogens is 342 g/mol. The van der Waals surface area contributed by atoms with Crippen LogP contribution in [0.2, 0.25) is 0 Å². The van der Waals surface area contributed by atoms with E-state index in [1.807, 2.05) is 0 Å². The summed E-state index contributed by atoms with van der Waals surface area (Å²) < 4.78 is 40.7. The van der Waals surface area contributed by atoms with Gasteiger partial charge >= 0.3 is 24.0 Å². The van der Waals surface area contributed by atoms with Gasteiger partial charge in [0.2, 0.25) is 0 Å². The predicted octanol–water partition coefficient (Wildman–Crippen LogP) is 3.27. The number of carbonyl (C=O) groups excluding carboxylic acids is 2. The van der Waals surface area contributed by atoms with Crippen LogP contribution in [0.25, 0.3) is 0 Å². The van der Waals surface area contributed by atoms with Gasteiger partial charge in [0.25, 0.3) is 0 Å². The highest BCUT2D eigenvalue weighted by atomic mass is 19.3. The second-order valence-electron chi connectivity index (χ2n) is 6.07. The maximum Gasteiger partial charge on any atom is 0.514 e. The number of carboxylic acid groups (broad SMARTS) is 1. The highest BCUT2D eigenvalue weighted by Gasteiger charge is 2.47. The molecule has 0 aliphatic rings. The number of carboxylic acids is 1. The zero-order chi connectivity index (χ0) is 19.4. The zero-order valence-electron chi connectivity index (χ0n) is 14.0. The third-order valence-electron chi connectivity index (χ3n) is 2.76. The molecule has 25 heavy (non-hydrogen) atoms. The zero-order valence-corrected chi connectivity index (χ0v) is 14.0. The fraction of sp³-hybridized carbons (Fsp3) is 0.438. The number of hydrogen-bond acceptors (Lipinski definition) is 6. The minimum atomic E-state index is -4.21. The van der Waals surface area contributed by atoms with Crippen LogP contribution in [0.3, 0.4) is 0 Å². The molecule has 0 bridgehead atoms. The van der Waals surface area contributed by atoms with Crippen molar-refractivity contribution in [1.29, 1.82) is 0 Å². The van der Waals surface area contributed by atoms with Crippen molar-refractivity contribution in [2.75, 3.05) is 0 Å². The molecule has 0 radical (unpaired) electrons. The third-order valence-corrected chi connectivity index (χ3v) is 2.76. The molecule has 7 nitrogen and oxygen atoms in total. The number of ether oxygens (including phenoxy) is 3. The number of rotatable bonds is 5. The molecule has 0 aromatic heterocycles. The molecule has 1 unspecified atom stereocenters. The first-order valence-electron chi connectivity index (χ1n) is 7.16. The Balaban J connectivity index is 2.71. The minimum absolute atomic E-state index is 0.0646. The molecule has 1 aromatic rings. The van der Waals surface area contributed by atoms with Crippen molar-refractivity contribution in [1.82, 2.24) is 0 Å². The topological polar surface area (TPSA) is 99.1 Å². The van der Waals surface area contributed by atoms with Gasteiger partial charge in [0.1, 0.15) is 11.4 Å². The number of halogens is 2. The van der Waals surface area contributed by atoms with Gasteiger partial charge in [-0.15, -0.1) is 0 Å². The second-order valence-corrected chi connectivity index (χ2v) is 6.07. The van der Waals surface area contributed by atoms with Crippen molar-refractivity contribution in [3.8, 4) is 5.75 Å². The van der Waals surface area contributed by atoms with Crippen LogP contribution in [-0.2, 0) is 14.3 Å². The molecular formula is C16H18F2O7. The summed E-state index contributed by atoms with van der Waals surface area (Å²) in [5.74, 6) is -7.68. The van der Waals surface area contributed by atoms with E-state index in [2.05, 4.69) is 4.74 Å². The van der Waals surface area contributed by atoms with Crippen molar-refractivity contribution in [3.05, 3.63) is 29.8 Å². The Kier molecular flexibility index (Phi) is 6.06. The standard InChI is InChI=1S/C16H18F2O7/c1-9(16(17,18)13(20)21)23-12(19)10-5-7-11(8-6-10)24-14(22)25-15(2,3)4/h5-9H,1-4H3,(H,20,21). The van der Waals surface area contributed by atoms with E-state index < -0.39 is 35.7 Å². The molecule has 1 aromatic carbocycles. The van der Waals surface area contributed by atoms with Gasteiger partial charge in [-0.25, -0.2) is 14.4 Å². The van der Waals surface area contributed by atoms with E-state index in [1.165, 1.54) is 24.3 Å². The summed E-state index contributed by atoms with van der Waals surface area (Å²) >= 11 is 0. The number of alkyl halides is 2. The Morgan fingerprint density at radius 2 is 1.60 bits per heavy atom. The van der Waals surface area contributed by atoms with E-state index in [0.29, 0.717) is 0 Å². The molecule has 0 heterocycles. The van der Waals surface area contributed by atoms with Crippen LogP contribution in [0.1, 0.15) is 38.1 Å². The second kappa shape index (κ2) is 7.45. The van der Waals surface area contributed by atoms with Gasteiger partial charge in [0.15, 0.2) is 6.10 Å². The Bertz CT molecular complexity index is 647. The number of esters is 1. The monoisotopic (exact) mass is 360 g/mol. The van der Waals surface area contributed by atoms with Crippen LogP contribution in [0.5, 0.6) is 5.75 Å². The molecule has 0 saturated carbocycles. The molecule has 9 heteroatoms. The van der Waals surface area contributed by atoms with Crippen LogP contribution >= 0.6 is 0 Å². The molecule has 1 atom stereocenters. The van der Waals surface area contributed by atoms with E-state index in [-0.39, 0.29) is 11.3 Å². The van der Waals surface area contributed by atoms with Gasteiger partial charge in [-0.05, 0) is 52.0 Å². The van der Waals surface area contributed by atoms with Gasteiger partial charge in [-0.3, -0.25) is 0 Å². The van der Waals surface area contributed by atoms with E-state index in [4.69, 9.17) is 14.6 Å². The first-order chi connectivity index (χ1) is 11.3. The molecule has 0 saturated heterocycles. The molecule has 0 spiro atoms. The summed E-state index contributed by atoms with van der Waals surface area (Å²) in [5, 5.41) is 8.39. The largest absolute Gasteiger partial charge is 0.514 e. The highest BCUT2D eigenvalue weighted by Crippen LogP contribution is 2.23.